The highest BCUT2D eigenvalue weighted by atomic mass is 33.1. The van der Waals surface area contributed by atoms with Gasteiger partial charge in [-0.25, -0.2) is 0 Å². The molecule has 2 saturated heterocycles. The third-order valence-electron chi connectivity index (χ3n) is 5.66. The zero-order chi connectivity index (χ0) is 17.8. The van der Waals surface area contributed by atoms with Crippen LogP contribution in [0.3, 0.4) is 0 Å². The summed E-state index contributed by atoms with van der Waals surface area (Å²) in [6.07, 6.45) is 11.0. The summed E-state index contributed by atoms with van der Waals surface area (Å²) < 4.78 is 5.42. The van der Waals surface area contributed by atoms with E-state index in [1.54, 1.807) is 0 Å². The number of hydrogen-bond acceptors (Lipinski definition) is 6. The number of piperidine rings is 1. The van der Waals surface area contributed by atoms with Crippen LogP contribution in [0.2, 0.25) is 0 Å². The summed E-state index contributed by atoms with van der Waals surface area (Å²) in [5, 5.41) is 4.93. The molecule has 4 rings (SSSR count). The molecule has 2 aliphatic heterocycles. The van der Waals surface area contributed by atoms with Gasteiger partial charge in [0.25, 0.3) is 0 Å². The van der Waals surface area contributed by atoms with Gasteiger partial charge >= 0.3 is 0 Å². The molecule has 1 aromatic heterocycles. The van der Waals surface area contributed by atoms with Crippen molar-refractivity contribution < 1.29 is 9.32 Å². The fourth-order valence-corrected chi connectivity index (χ4v) is 6.96. The van der Waals surface area contributed by atoms with E-state index in [-0.39, 0.29) is 0 Å². The van der Waals surface area contributed by atoms with Gasteiger partial charge in [-0.2, -0.15) is 4.98 Å². The van der Waals surface area contributed by atoms with Gasteiger partial charge in [0.05, 0.1) is 0 Å². The maximum Gasteiger partial charge on any atom is 0.226 e. The van der Waals surface area contributed by atoms with E-state index in [1.165, 1.54) is 37.9 Å². The standard InChI is InChI=1S/C19H29N3O2S2/c23-18(6-2-1-5-16-9-11-25-26-16)22-10-3-4-14(13-22)12-17-20-19(21-24-17)15-7-8-15/h14-16H,1-13H2/t14-,16+/m1/s1. The molecule has 0 bridgehead atoms. The summed E-state index contributed by atoms with van der Waals surface area (Å²) in [4.78, 5) is 19.2. The molecule has 144 valence electrons. The predicted octanol–water partition coefficient (Wildman–Crippen LogP) is 4.44. The van der Waals surface area contributed by atoms with Crippen LogP contribution in [0.1, 0.15) is 75.4 Å². The molecule has 7 heteroatoms. The van der Waals surface area contributed by atoms with Gasteiger partial charge in [0, 0.05) is 42.9 Å². The fraction of sp³-hybridized carbons (Fsp3) is 0.842. The molecule has 26 heavy (non-hydrogen) atoms. The second kappa shape index (κ2) is 9.00. The lowest BCUT2D eigenvalue weighted by Gasteiger charge is -2.32. The van der Waals surface area contributed by atoms with Crippen LogP contribution in [0.4, 0.5) is 0 Å². The Kier molecular flexibility index (Phi) is 6.46. The van der Waals surface area contributed by atoms with E-state index in [0.717, 1.165) is 55.7 Å². The van der Waals surface area contributed by atoms with Crippen molar-refractivity contribution in [3.63, 3.8) is 0 Å². The normalized spacial score (nSPS) is 26.4. The highest BCUT2D eigenvalue weighted by Crippen LogP contribution is 2.40. The van der Waals surface area contributed by atoms with Crippen molar-refractivity contribution in [3.8, 4) is 0 Å². The molecule has 0 radical (unpaired) electrons. The zero-order valence-corrected chi connectivity index (χ0v) is 17.0. The Morgan fingerprint density at radius 2 is 2.15 bits per heavy atom. The van der Waals surface area contributed by atoms with Crippen molar-refractivity contribution in [3.05, 3.63) is 11.7 Å². The van der Waals surface area contributed by atoms with Crippen LogP contribution < -0.4 is 0 Å². The lowest BCUT2D eigenvalue weighted by Crippen LogP contribution is -2.40. The molecule has 1 aliphatic carbocycles. The van der Waals surface area contributed by atoms with E-state index in [2.05, 4.69) is 15.0 Å². The minimum absolute atomic E-state index is 0.340. The van der Waals surface area contributed by atoms with Crippen LogP contribution in [-0.2, 0) is 11.2 Å². The molecule has 3 aliphatic rings. The third kappa shape index (κ3) is 5.18. The number of likely N-dealkylation sites (tertiary alicyclic amines) is 1. The molecule has 3 heterocycles. The summed E-state index contributed by atoms with van der Waals surface area (Å²) >= 11 is 0. The molecule has 0 unspecified atom stereocenters. The molecule has 0 aromatic carbocycles. The van der Waals surface area contributed by atoms with Gasteiger partial charge in [0.2, 0.25) is 11.8 Å². The molecule has 2 atom stereocenters. The summed E-state index contributed by atoms with van der Waals surface area (Å²) in [6, 6.07) is 0. The number of hydrogen-bond donors (Lipinski definition) is 0. The molecule has 0 spiro atoms. The summed E-state index contributed by atoms with van der Waals surface area (Å²) in [5.74, 6) is 4.30. The van der Waals surface area contributed by atoms with Crippen molar-refractivity contribution in [1.29, 1.82) is 0 Å². The Bertz CT molecular complexity index is 599. The average molecular weight is 396 g/mol. The van der Waals surface area contributed by atoms with Crippen LogP contribution in [0.15, 0.2) is 4.52 Å². The van der Waals surface area contributed by atoms with E-state index >= 15 is 0 Å². The van der Waals surface area contributed by atoms with Crippen molar-refractivity contribution in [2.75, 3.05) is 18.8 Å². The first-order valence-corrected chi connectivity index (χ1v) is 12.5. The second-order valence-electron chi connectivity index (χ2n) is 7.95. The Balaban J connectivity index is 1.17. The second-order valence-corrected chi connectivity index (χ2v) is 10.7. The van der Waals surface area contributed by atoms with Crippen molar-refractivity contribution in [2.45, 2.75) is 75.4 Å². The summed E-state index contributed by atoms with van der Waals surface area (Å²) in [6.45, 7) is 1.77. The highest BCUT2D eigenvalue weighted by Gasteiger charge is 2.30. The van der Waals surface area contributed by atoms with Gasteiger partial charge in [-0.3, -0.25) is 4.79 Å². The van der Waals surface area contributed by atoms with Crippen molar-refractivity contribution in [1.82, 2.24) is 15.0 Å². The van der Waals surface area contributed by atoms with Crippen molar-refractivity contribution in [2.24, 2.45) is 5.92 Å². The Morgan fingerprint density at radius 1 is 1.23 bits per heavy atom. The Morgan fingerprint density at radius 3 is 2.96 bits per heavy atom. The molecule has 5 nitrogen and oxygen atoms in total. The van der Waals surface area contributed by atoms with E-state index in [4.69, 9.17) is 4.52 Å². The smallest absolute Gasteiger partial charge is 0.226 e. The molecule has 1 amide bonds. The van der Waals surface area contributed by atoms with E-state index < -0.39 is 0 Å². The highest BCUT2D eigenvalue weighted by molar-refractivity contribution is 8.77. The topological polar surface area (TPSA) is 59.2 Å². The number of rotatable bonds is 8. The quantitative estimate of drug-likeness (QED) is 0.479. The maximum absolute atomic E-state index is 12.6. The lowest BCUT2D eigenvalue weighted by molar-refractivity contribution is -0.133. The number of amides is 1. The minimum atomic E-state index is 0.340. The predicted molar refractivity (Wildman–Crippen MR) is 106 cm³/mol. The largest absolute Gasteiger partial charge is 0.342 e. The van der Waals surface area contributed by atoms with Crippen LogP contribution in [0.5, 0.6) is 0 Å². The van der Waals surface area contributed by atoms with E-state index in [9.17, 15) is 4.79 Å². The number of carbonyl (C=O) groups excluding carboxylic acids is 1. The summed E-state index contributed by atoms with van der Waals surface area (Å²) in [5.41, 5.74) is 0. The van der Waals surface area contributed by atoms with Gasteiger partial charge in [0.15, 0.2) is 5.82 Å². The molecule has 0 N–H and O–H groups in total. The zero-order valence-electron chi connectivity index (χ0n) is 15.4. The van der Waals surface area contributed by atoms with Crippen LogP contribution in [-0.4, -0.2) is 45.0 Å². The maximum atomic E-state index is 12.6. The third-order valence-corrected chi connectivity index (χ3v) is 8.66. The van der Waals surface area contributed by atoms with Gasteiger partial charge in [-0.15, -0.1) is 0 Å². The minimum Gasteiger partial charge on any atom is -0.342 e. The fourth-order valence-electron chi connectivity index (χ4n) is 3.93. The lowest BCUT2D eigenvalue weighted by atomic mass is 9.94. The monoisotopic (exact) mass is 395 g/mol. The van der Waals surface area contributed by atoms with Gasteiger partial charge in [0.1, 0.15) is 0 Å². The molecular weight excluding hydrogens is 366 g/mol. The van der Waals surface area contributed by atoms with Gasteiger partial charge < -0.3 is 9.42 Å². The molecule has 1 aromatic rings. The van der Waals surface area contributed by atoms with Gasteiger partial charge in [-0.1, -0.05) is 33.2 Å². The molecule has 3 fully saturated rings. The van der Waals surface area contributed by atoms with Gasteiger partial charge in [-0.05, 0) is 50.9 Å². The number of unbranched alkanes of at least 4 members (excludes halogenated alkanes) is 1. The number of nitrogens with zero attached hydrogens (tertiary/aromatic N) is 3. The van der Waals surface area contributed by atoms with Crippen LogP contribution in [0, 0.1) is 5.92 Å². The van der Waals surface area contributed by atoms with Crippen LogP contribution >= 0.6 is 21.6 Å². The van der Waals surface area contributed by atoms with Crippen LogP contribution in [0.25, 0.3) is 0 Å². The van der Waals surface area contributed by atoms with E-state index in [1.807, 2.05) is 21.6 Å². The average Bonchev–Trinajstić information content (AvgIpc) is 3.17. The Labute approximate surface area is 163 Å². The van der Waals surface area contributed by atoms with E-state index in [0.29, 0.717) is 24.2 Å². The number of aromatic nitrogens is 2. The Hall–Kier alpha value is -0.690. The van der Waals surface area contributed by atoms with Crippen molar-refractivity contribution >= 4 is 27.5 Å². The molecular formula is C19H29N3O2S2. The first kappa shape index (κ1) is 18.7. The molecule has 1 saturated carbocycles. The summed E-state index contributed by atoms with van der Waals surface area (Å²) in [7, 11) is 4.04. The number of carbonyl (C=O) groups is 1. The first-order valence-electron chi connectivity index (χ1n) is 10.2. The SMILES string of the molecule is O=C(CCCC[C@H]1CCSS1)N1CCC[C@H](Cc2nc(C3CC3)no2)C1. The first-order chi connectivity index (χ1) is 12.8.